The molecule has 0 saturated heterocycles. The second-order valence-corrected chi connectivity index (χ2v) is 7.53. The highest BCUT2D eigenvalue weighted by Crippen LogP contribution is 2.31. The van der Waals surface area contributed by atoms with E-state index in [4.69, 9.17) is 0 Å². The van der Waals surface area contributed by atoms with E-state index in [1.165, 1.54) is 0 Å². The third-order valence-electron chi connectivity index (χ3n) is 5.37. The van der Waals surface area contributed by atoms with E-state index in [-0.39, 0.29) is 18.4 Å². The monoisotopic (exact) mass is 399 g/mol. The van der Waals surface area contributed by atoms with Crippen LogP contribution in [0.3, 0.4) is 0 Å². The number of nitrogens with zero attached hydrogens (tertiary/aromatic N) is 2. The van der Waals surface area contributed by atoms with Crippen molar-refractivity contribution in [1.82, 2.24) is 4.90 Å². The normalized spacial score (nSPS) is 13.9. The van der Waals surface area contributed by atoms with Gasteiger partial charge in [-0.3, -0.25) is 9.59 Å². The molecular weight excluding hydrogens is 374 g/mol. The van der Waals surface area contributed by atoms with Gasteiger partial charge in [0.15, 0.2) is 0 Å². The molecule has 3 aromatic rings. The van der Waals surface area contributed by atoms with Gasteiger partial charge in [0.2, 0.25) is 11.8 Å². The first-order valence-electron chi connectivity index (χ1n) is 10.1. The number of rotatable bonds is 6. The Kier molecular flexibility index (Phi) is 5.80. The molecule has 1 atom stereocenters. The topological polar surface area (TPSA) is 52.7 Å². The van der Waals surface area contributed by atoms with Gasteiger partial charge in [-0.15, -0.1) is 0 Å². The van der Waals surface area contributed by atoms with Crippen LogP contribution in [0.4, 0.5) is 11.4 Å². The SMILES string of the molecule is C[C@@H](C(=O)N(Cc1ccccc1)Cc1ccccc1)N1CC(=O)Nc2ccccc21. The van der Waals surface area contributed by atoms with Gasteiger partial charge in [0.1, 0.15) is 6.04 Å². The quantitative estimate of drug-likeness (QED) is 0.680. The van der Waals surface area contributed by atoms with Gasteiger partial charge in [0.25, 0.3) is 0 Å². The molecule has 1 aliphatic rings. The maximum atomic E-state index is 13.6. The molecule has 152 valence electrons. The predicted octanol–water partition coefficient (Wildman–Crippen LogP) is 4.06. The Labute approximate surface area is 176 Å². The van der Waals surface area contributed by atoms with Crippen molar-refractivity contribution >= 4 is 23.2 Å². The van der Waals surface area contributed by atoms with Gasteiger partial charge in [0, 0.05) is 13.1 Å². The average molecular weight is 399 g/mol. The Bertz CT molecular complexity index is 979. The van der Waals surface area contributed by atoms with E-state index in [1.807, 2.05) is 102 Å². The summed E-state index contributed by atoms with van der Waals surface area (Å²) in [7, 11) is 0. The highest BCUT2D eigenvalue weighted by atomic mass is 16.2. The maximum absolute atomic E-state index is 13.6. The molecule has 5 heteroatoms. The predicted molar refractivity (Wildman–Crippen MR) is 119 cm³/mol. The first kappa shape index (κ1) is 19.7. The summed E-state index contributed by atoms with van der Waals surface area (Å²) < 4.78 is 0. The first-order valence-corrected chi connectivity index (χ1v) is 10.1. The van der Waals surface area contributed by atoms with Gasteiger partial charge in [0.05, 0.1) is 17.9 Å². The van der Waals surface area contributed by atoms with E-state index >= 15 is 0 Å². The van der Waals surface area contributed by atoms with Crippen molar-refractivity contribution in [3.8, 4) is 0 Å². The molecule has 0 saturated carbocycles. The Morgan fingerprint density at radius 2 is 1.43 bits per heavy atom. The van der Waals surface area contributed by atoms with Gasteiger partial charge in [-0.05, 0) is 30.2 Å². The van der Waals surface area contributed by atoms with Crippen LogP contribution < -0.4 is 10.2 Å². The molecule has 0 bridgehead atoms. The number of fused-ring (bicyclic) bond motifs is 1. The summed E-state index contributed by atoms with van der Waals surface area (Å²) in [5.41, 5.74) is 3.76. The van der Waals surface area contributed by atoms with Crippen molar-refractivity contribution in [2.75, 3.05) is 16.8 Å². The van der Waals surface area contributed by atoms with Crippen molar-refractivity contribution in [2.45, 2.75) is 26.1 Å². The second-order valence-electron chi connectivity index (χ2n) is 7.53. The van der Waals surface area contributed by atoms with E-state index in [0.717, 1.165) is 22.5 Å². The lowest BCUT2D eigenvalue weighted by molar-refractivity contribution is -0.133. The fourth-order valence-electron chi connectivity index (χ4n) is 3.82. The van der Waals surface area contributed by atoms with Gasteiger partial charge < -0.3 is 15.1 Å². The zero-order valence-electron chi connectivity index (χ0n) is 17.0. The highest BCUT2D eigenvalue weighted by Gasteiger charge is 2.31. The third-order valence-corrected chi connectivity index (χ3v) is 5.37. The summed E-state index contributed by atoms with van der Waals surface area (Å²) in [6.45, 7) is 3.07. The summed E-state index contributed by atoms with van der Waals surface area (Å²) >= 11 is 0. The fraction of sp³-hybridized carbons (Fsp3) is 0.200. The molecule has 1 aliphatic heterocycles. The van der Waals surface area contributed by atoms with Gasteiger partial charge in [-0.25, -0.2) is 0 Å². The summed E-state index contributed by atoms with van der Waals surface area (Å²) in [4.78, 5) is 29.6. The molecular formula is C25H25N3O2. The maximum Gasteiger partial charge on any atom is 0.245 e. The van der Waals surface area contributed by atoms with E-state index < -0.39 is 6.04 Å². The van der Waals surface area contributed by atoms with Gasteiger partial charge in [-0.1, -0.05) is 72.8 Å². The molecule has 1 heterocycles. The molecule has 0 radical (unpaired) electrons. The molecule has 5 nitrogen and oxygen atoms in total. The number of benzene rings is 3. The number of hydrogen-bond acceptors (Lipinski definition) is 3. The second kappa shape index (κ2) is 8.82. The van der Waals surface area contributed by atoms with Crippen LogP contribution in [0.25, 0.3) is 0 Å². The zero-order chi connectivity index (χ0) is 20.9. The van der Waals surface area contributed by atoms with E-state index in [0.29, 0.717) is 13.1 Å². The van der Waals surface area contributed by atoms with Crippen LogP contribution in [-0.4, -0.2) is 29.3 Å². The minimum atomic E-state index is -0.468. The lowest BCUT2D eigenvalue weighted by Crippen LogP contribution is -2.51. The Hall–Kier alpha value is -3.60. The minimum absolute atomic E-state index is 0.00721. The van der Waals surface area contributed by atoms with Crippen LogP contribution in [0.1, 0.15) is 18.1 Å². The molecule has 0 spiro atoms. The van der Waals surface area contributed by atoms with Crippen molar-refractivity contribution in [3.63, 3.8) is 0 Å². The van der Waals surface area contributed by atoms with Crippen LogP contribution in [0.5, 0.6) is 0 Å². The largest absolute Gasteiger partial charge is 0.349 e. The minimum Gasteiger partial charge on any atom is -0.349 e. The summed E-state index contributed by atoms with van der Waals surface area (Å²) in [5.74, 6) is -0.113. The number of anilines is 2. The molecule has 0 unspecified atom stereocenters. The molecule has 4 rings (SSSR count). The number of carbonyl (C=O) groups is 2. The molecule has 0 fully saturated rings. The lowest BCUT2D eigenvalue weighted by atomic mass is 10.1. The lowest BCUT2D eigenvalue weighted by Gasteiger charge is -2.37. The molecule has 2 amide bonds. The summed E-state index contributed by atoms with van der Waals surface area (Å²) in [6, 6.07) is 27.1. The number of nitrogens with one attached hydrogen (secondary N) is 1. The van der Waals surface area contributed by atoms with Gasteiger partial charge >= 0.3 is 0 Å². The van der Waals surface area contributed by atoms with Crippen LogP contribution in [0, 0.1) is 0 Å². The smallest absolute Gasteiger partial charge is 0.245 e. The fourth-order valence-corrected chi connectivity index (χ4v) is 3.82. The number of amides is 2. The Morgan fingerprint density at radius 3 is 2.03 bits per heavy atom. The van der Waals surface area contributed by atoms with Crippen molar-refractivity contribution in [1.29, 1.82) is 0 Å². The average Bonchev–Trinajstić information content (AvgIpc) is 2.78. The first-order chi connectivity index (χ1) is 14.6. The molecule has 3 aromatic carbocycles. The molecule has 1 N–H and O–H groups in total. The van der Waals surface area contributed by atoms with Crippen LogP contribution >= 0.6 is 0 Å². The molecule has 0 aromatic heterocycles. The zero-order valence-corrected chi connectivity index (χ0v) is 17.0. The Balaban J connectivity index is 1.61. The van der Waals surface area contributed by atoms with Crippen LogP contribution in [0.2, 0.25) is 0 Å². The highest BCUT2D eigenvalue weighted by molar-refractivity contribution is 6.03. The standard InChI is InChI=1S/C25H25N3O2/c1-19(28-18-24(29)26-22-14-8-9-15-23(22)28)25(30)27(16-20-10-4-2-5-11-20)17-21-12-6-3-7-13-21/h2-15,19H,16-18H2,1H3,(H,26,29)/t19-/m0/s1. The number of para-hydroxylation sites is 2. The Morgan fingerprint density at radius 1 is 0.900 bits per heavy atom. The van der Waals surface area contributed by atoms with E-state index in [1.54, 1.807) is 0 Å². The van der Waals surface area contributed by atoms with Crippen LogP contribution in [-0.2, 0) is 22.7 Å². The van der Waals surface area contributed by atoms with E-state index in [2.05, 4.69) is 5.32 Å². The van der Waals surface area contributed by atoms with Crippen molar-refractivity contribution in [3.05, 3.63) is 96.1 Å². The number of carbonyl (C=O) groups excluding carboxylic acids is 2. The van der Waals surface area contributed by atoms with Crippen LogP contribution in [0.15, 0.2) is 84.9 Å². The van der Waals surface area contributed by atoms with Gasteiger partial charge in [-0.2, -0.15) is 0 Å². The summed E-state index contributed by atoms with van der Waals surface area (Å²) in [6.07, 6.45) is 0. The summed E-state index contributed by atoms with van der Waals surface area (Å²) in [5, 5.41) is 2.89. The molecule has 0 aliphatic carbocycles. The molecule has 30 heavy (non-hydrogen) atoms. The van der Waals surface area contributed by atoms with Crippen molar-refractivity contribution < 1.29 is 9.59 Å². The van der Waals surface area contributed by atoms with Crippen molar-refractivity contribution in [2.24, 2.45) is 0 Å². The number of hydrogen-bond donors (Lipinski definition) is 1. The van der Waals surface area contributed by atoms with E-state index in [9.17, 15) is 9.59 Å². The third kappa shape index (κ3) is 4.35.